The minimum absolute atomic E-state index is 0.0333. The molecule has 18 heavy (non-hydrogen) atoms. The first-order valence-electron chi connectivity index (χ1n) is 6.02. The first kappa shape index (κ1) is 12.6. The lowest BCUT2D eigenvalue weighted by molar-refractivity contribution is -0.0160. The summed E-state index contributed by atoms with van der Waals surface area (Å²) in [6, 6.07) is 1.89. The van der Waals surface area contributed by atoms with Gasteiger partial charge in [-0.1, -0.05) is 0 Å². The molecule has 1 saturated carbocycles. The maximum atomic E-state index is 12.1. The molecule has 2 fully saturated rings. The van der Waals surface area contributed by atoms with Gasteiger partial charge in [-0.05, 0) is 40.9 Å². The van der Waals surface area contributed by atoms with Crippen LogP contribution in [0.15, 0.2) is 9.85 Å². The zero-order chi connectivity index (χ0) is 12.9. The van der Waals surface area contributed by atoms with E-state index in [0.29, 0.717) is 10.8 Å². The number of rotatable bonds is 2. The third-order valence-electron chi connectivity index (χ3n) is 3.83. The second kappa shape index (κ2) is 4.59. The van der Waals surface area contributed by atoms with E-state index in [0.717, 1.165) is 22.4 Å². The summed E-state index contributed by atoms with van der Waals surface area (Å²) in [7, 11) is 0. The van der Waals surface area contributed by atoms with E-state index < -0.39 is 0 Å². The van der Waals surface area contributed by atoms with Crippen LogP contribution in [0.3, 0.4) is 0 Å². The SMILES string of the molecule is Cc1cc(C(=O)NC2C(N)C3CCOC32)sc1Br. The number of hydrogen-bond donors (Lipinski definition) is 2. The molecule has 1 aromatic rings. The van der Waals surface area contributed by atoms with E-state index in [9.17, 15) is 4.79 Å². The number of fused-ring (bicyclic) bond motifs is 1. The fourth-order valence-corrected chi connectivity index (χ4v) is 4.16. The zero-order valence-electron chi connectivity index (χ0n) is 9.98. The number of carbonyl (C=O) groups is 1. The van der Waals surface area contributed by atoms with Gasteiger partial charge in [0.25, 0.3) is 5.91 Å². The summed E-state index contributed by atoms with van der Waals surface area (Å²) in [4.78, 5) is 12.8. The maximum absolute atomic E-state index is 12.1. The molecule has 1 aliphatic carbocycles. The van der Waals surface area contributed by atoms with Crippen LogP contribution in [0.25, 0.3) is 0 Å². The van der Waals surface area contributed by atoms with E-state index in [-0.39, 0.29) is 24.1 Å². The van der Waals surface area contributed by atoms with Crippen molar-refractivity contribution < 1.29 is 9.53 Å². The molecular weight excluding hydrogens is 316 g/mol. The molecule has 1 saturated heterocycles. The predicted octanol–water partition coefficient (Wildman–Crippen LogP) is 1.66. The van der Waals surface area contributed by atoms with Crippen LogP contribution in [0.4, 0.5) is 0 Å². The fraction of sp³-hybridized carbons (Fsp3) is 0.583. The van der Waals surface area contributed by atoms with Crippen LogP contribution in [0.2, 0.25) is 0 Å². The summed E-state index contributed by atoms with van der Waals surface area (Å²) in [6.45, 7) is 2.74. The van der Waals surface area contributed by atoms with Gasteiger partial charge >= 0.3 is 0 Å². The molecule has 3 rings (SSSR count). The van der Waals surface area contributed by atoms with E-state index in [4.69, 9.17) is 10.5 Å². The van der Waals surface area contributed by atoms with Crippen molar-refractivity contribution in [2.24, 2.45) is 11.7 Å². The molecule has 2 aliphatic rings. The van der Waals surface area contributed by atoms with Crippen molar-refractivity contribution in [3.05, 3.63) is 20.3 Å². The highest BCUT2D eigenvalue weighted by Crippen LogP contribution is 2.38. The maximum Gasteiger partial charge on any atom is 0.261 e. The van der Waals surface area contributed by atoms with Gasteiger partial charge in [0.05, 0.1) is 20.8 Å². The minimum Gasteiger partial charge on any atom is -0.376 e. The van der Waals surface area contributed by atoms with Gasteiger partial charge in [0.15, 0.2) is 0 Å². The number of carbonyl (C=O) groups excluding carboxylic acids is 1. The first-order chi connectivity index (χ1) is 8.58. The van der Waals surface area contributed by atoms with Crippen molar-refractivity contribution in [2.45, 2.75) is 31.5 Å². The van der Waals surface area contributed by atoms with E-state index in [2.05, 4.69) is 21.2 Å². The number of amides is 1. The van der Waals surface area contributed by atoms with Crippen molar-refractivity contribution in [1.29, 1.82) is 0 Å². The molecule has 1 aliphatic heterocycles. The van der Waals surface area contributed by atoms with E-state index in [1.165, 1.54) is 11.3 Å². The Balaban J connectivity index is 1.68. The zero-order valence-corrected chi connectivity index (χ0v) is 12.4. The molecule has 4 unspecified atom stereocenters. The van der Waals surface area contributed by atoms with Gasteiger partial charge < -0.3 is 15.8 Å². The molecule has 2 heterocycles. The standard InChI is InChI=1S/C12H15BrN2O2S/c1-5-4-7(18-11(5)13)12(16)15-9-8(14)6-2-3-17-10(6)9/h4,6,8-10H,2-3,14H2,1H3,(H,15,16). The van der Waals surface area contributed by atoms with E-state index in [1.807, 2.05) is 13.0 Å². The van der Waals surface area contributed by atoms with Crippen molar-refractivity contribution in [2.75, 3.05) is 6.61 Å². The molecule has 4 nitrogen and oxygen atoms in total. The van der Waals surface area contributed by atoms with Gasteiger partial charge in [-0.2, -0.15) is 0 Å². The summed E-state index contributed by atoms with van der Waals surface area (Å²) in [5, 5.41) is 3.00. The molecule has 0 radical (unpaired) electrons. The van der Waals surface area contributed by atoms with E-state index >= 15 is 0 Å². The Hall–Kier alpha value is -0.430. The largest absolute Gasteiger partial charge is 0.376 e. The molecular formula is C12H15BrN2O2S. The van der Waals surface area contributed by atoms with Crippen LogP contribution in [0.1, 0.15) is 21.7 Å². The molecule has 1 amide bonds. The van der Waals surface area contributed by atoms with Crippen LogP contribution in [-0.4, -0.2) is 30.7 Å². The predicted molar refractivity (Wildman–Crippen MR) is 73.8 cm³/mol. The number of nitrogens with one attached hydrogen (secondary N) is 1. The van der Waals surface area contributed by atoms with Gasteiger partial charge in [0.1, 0.15) is 0 Å². The normalized spacial score (nSPS) is 33.9. The second-order valence-corrected chi connectivity index (χ2v) is 7.30. The summed E-state index contributed by atoms with van der Waals surface area (Å²) < 4.78 is 6.60. The quantitative estimate of drug-likeness (QED) is 0.866. The Bertz CT molecular complexity index is 471. The minimum atomic E-state index is -0.0526. The first-order valence-corrected chi connectivity index (χ1v) is 7.63. The summed E-state index contributed by atoms with van der Waals surface area (Å²) in [5.74, 6) is 0.371. The highest BCUT2D eigenvalue weighted by molar-refractivity contribution is 9.11. The number of halogens is 1. The van der Waals surface area contributed by atoms with Gasteiger partial charge in [0.2, 0.25) is 0 Å². The lowest BCUT2D eigenvalue weighted by Gasteiger charge is -2.45. The van der Waals surface area contributed by atoms with Gasteiger partial charge in [-0.15, -0.1) is 11.3 Å². The van der Waals surface area contributed by atoms with Crippen LogP contribution in [0, 0.1) is 12.8 Å². The lowest BCUT2D eigenvalue weighted by atomic mass is 9.72. The van der Waals surface area contributed by atoms with Crippen LogP contribution < -0.4 is 11.1 Å². The molecule has 0 spiro atoms. The molecule has 0 aromatic carbocycles. The van der Waals surface area contributed by atoms with Crippen molar-refractivity contribution in [3.63, 3.8) is 0 Å². The third-order valence-corrected chi connectivity index (χ3v) is 5.96. The average molecular weight is 331 g/mol. The van der Waals surface area contributed by atoms with Crippen LogP contribution in [0.5, 0.6) is 0 Å². The van der Waals surface area contributed by atoms with Crippen molar-refractivity contribution in [1.82, 2.24) is 5.32 Å². The molecule has 3 N–H and O–H groups in total. The molecule has 98 valence electrons. The smallest absolute Gasteiger partial charge is 0.261 e. The van der Waals surface area contributed by atoms with Gasteiger partial charge in [0, 0.05) is 18.6 Å². The number of hydrogen-bond acceptors (Lipinski definition) is 4. The average Bonchev–Trinajstić information content (AvgIpc) is 2.91. The summed E-state index contributed by atoms with van der Waals surface area (Å²) >= 11 is 4.88. The number of nitrogens with two attached hydrogens (primary N) is 1. The Morgan fingerprint density at radius 3 is 3.11 bits per heavy atom. The molecule has 4 atom stereocenters. The number of aryl methyl sites for hydroxylation is 1. The molecule has 1 aromatic heterocycles. The monoisotopic (exact) mass is 330 g/mol. The van der Waals surface area contributed by atoms with Crippen molar-refractivity contribution in [3.8, 4) is 0 Å². The Kier molecular flexibility index (Phi) is 3.21. The number of ether oxygens (including phenoxy) is 1. The lowest BCUT2D eigenvalue weighted by Crippen LogP contribution is -2.68. The highest BCUT2D eigenvalue weighted by atomic mass is 79.9. The fourth-order valence-electron chi connectivity index (χ4n) is 2.72. The number of thiophene rings is 1. The van der Waals surface area contributed by atoms with Crippen LogP contribution >= 0.6 is 27.3 Å². The van der Waals surface area contributed by atoms with E-state index in [1.54, 1.807) is 0 Å². The van der Waals surface area contributed by atoms with Crippen LogP contribution in [-0.2, 0) is 4.74 Å². The Morgan fingerprint density at radius 2 is 2.44 bits per heavy atom. The second-order valence-electron chi connectivity index (χ2n) is 4.93. The third kappa shape index (κ3) is 1.91. The van der Waals surface area contributed by atoms with Gasteiger partial charge in [-0.25, -0.2) is 0 Å². The molecule has 6 heteroatoms. The highest BCUT2D eigenvalue weighted by Gasteiger charge is 2.52. The summed E-state index contributed by atoms with van der Waals surface area (Å²) in [6.07, 6.45) is 1.13. The Labute approximate surface area is 118 Å². The topological polar surface area (TPSA) is 64.4 Å². The summed E-state index contributed by atoms with van der Waals surface area (Å²) in [5.41, 5.74) is 7.15. The molecule has 0 bridgehead atoms. The van der Waals surface area contributed by atoms with Crippen molar-refractivity contribution >= 4 is 33.2 Å². The Morgan fingerprint density at radius 1 is 1.67 bits per heavy atom. The van der Waals surface area contributed by atoms with Gasteiger partial charge in [-0.3, -0.25) is 4.79 Å².